The fourth-order valence-corrected chi connectivity index (χ4v) is 4.02. The number of benzene rings is 2. The van der Waals surface area contributed by atoms with Gasteiger partial charge in [0.1, 0.15) is 10.9 Å². The second-order valence-corrected chi connectivity index (χ2v) is 7.52. The summed E-state index contributed by atoms with van der Waals surface area (Å²) >= 11 is 1.20. The number of methoxy groups -OCH3 is 1. The van der Waals surface area contributed by atoms with E-state index in [2.05, 4.69) is 10.3 Å². The number of nitro groups is 1. The summed E-state index contributed by atoms with van der Waals surface area (Å²) in [5, 5.41) is 13.5. The number of para-hydroxylation sites is 3. The smallest absolute Gasteiger partial charge is 0.292 e. The van der Waals surface area contributed by atoms with Crippen LogP contribution in [0.25, 0.3) is 0 Å². The van der Waals surface area contributed by atoms with Gasteiger partial charge >= 0.3 is 0 Å². The Morgan fingerprint density at radius 2 is 1.93 bits per heavy atom. The number of nitrogens with zero attached hydrogens (tertiary/aromatic N) is 3. The molecular weight excluding hydrogens is 408 g/mol. The highest BCUT2D eigenvalue weighted by Crippen LogP contribution is 2.32. The van der Waals surface area contributed by atoms with Crippen molar-refractivity contribution >= 4 is 45.8 Å². The van der Waals surface area contributed by atoms with Crippen LogP contribution in [0.3, 0.4) is 0 Å². The minimum absolute atomic E-state index is 0.0948. The molecule has 9 nitrogen and oxygen atoms in total. The molecule has 0 aliphatic carbocycles. The Morgan fingerprint density at radius 1 is 1.23 bits per heavy atom. The second-order valence-electron chi connectivity index (χ2n) is 6.35. The summed E-state index contributed by atoms with van der Waals surface area (Å²) in [4.78, 5) is 41.9. The van der Waals surface area contributed by atoms with Gasteiger partial charge in [-0.3, -0.25) is 24.6 Å². The third kappa shape index (κ3) is 5.22. The lowest BCUT2D eigenvalue weighted by molar-refractivity contribution is -0.383. The van der Waals surface area contributed by atoms with Gasteiger partial charge < -0.3 is 10.1 Å². The lowest BCUT2D eigenvalue weighted by Gasteiger charge is -2.15. The van der Waals surface area contributed by atoms with E-state index >= 15 is 0 Å². The highest BCUT2D eigenvalue weighted by Gasteiger charge is 2.39. The number of ether oxygens (including phenoxy) is 1. The van der Waals surface area contributed by atoms with Crippen molar-refractivity contribution < 1.29 is 19.2 Å². The fraction of sp³-hybridized carbons (Fsp3) is 0.250. The first-order valence-corrected chi connectivity index (χ1v) is 10.0. The maximum atomic E-state index is 12.9. The van der Waals surface area contributed by atoms with Crippen LogP contribution < -0.4 is 5.32 Å². The van der Waals surface area contributed by atoms with Crippen molar-refractivity contribution in [1.82, 2.24) is 4.90 Å². The molecule has 0 spiro atoms. The number of anilines is 1. The summed E-state index contributed by atoms with van der Waals surface area (Å²) in [6.07, 6.45) is -0.132. The molecule has 1 aliphatic rings. The molecular formula is C20H20N4O5S. The molecule has 3 rings (SSSR count). The van der Waals surface area contributed by atoms with Crippen molar-refractivity contribution in [3.8, 4) is 0 Å². The second kappa shape index (κ2) is 9.99. The van der Waals surface area contributed by atoms with Gasteiger partial charge in [0.15, 0.2) is 5.17 Å². The average molecular weight is 428 g/mol. The minimum atomic E-state index is -0.674. The van der Waals surface area contributed by atoms with Crippen molar-refractivity contribution in [2.24, 2.45) is 4.99 Å². The Kier molecular flexibility index (Phi) is 7.15. The van der Waals surface area contributed by atoms with Crippen molar-refractivity contribution in [3.05, 3.63) is 64.7 Å². The quantitative estimate of drug-likeness (QED) is 0.510. The van der Waals surface area contributed by atoms with Crippen LogP contribution in [-0.2, 0) is 14.3 Å². The number of rotatable bonds is 8. The monoisotopic (exact) mass is 428 g/mol. The Labute approximate surface area is 177 Å². The zero-order valence-corrected chi connectivity index (χ0v) is 17.0. The summed E-state index contributed by atoms with van der Waals surface area (Å²) in [6, 6.07) is 15.1. The molecule has 1 fully saturated rings. The number of amidine groups is 1. The maximum absolute atomic E-state index is 12.9. The van der Waals surface area contributed by atoms with Gasteiger partial charge in [-0.2, -0.15) is 0 Å². The van der Waals surface area contributed by atoms with Crippen LogP contribution in [-0.4, -0.2) is 52.3 Å². The SMILES string of the molecule is COCCN1C(=O)C(CC(=O)Nc2ccccc2[N+](=O)[O-])SC1=Nc1ccccc1. The van der Waals surface area contributed by atoms with Gasteiger partial charge in [0.25, 0.3) is 5.69 Å². The first kappa shape index (κ1) is 21.5. The summed E-state index contributed by atoms with van der Waals surface area (Å²) in [7, 11) is 1.54. The van der Waals surface area contributed by atoms with Gasteiger partial charge in [-0.05, 0) is 18.2 Å². The van der Waals surface area contributed by atoms with E-state index in [9.17, 15) is 19.7 Å². The van der Waals surface area contributed by atoms with Gasteiger partial charge in [0.05, 0.1) is 23.8 Å². The Balaban J connectivity index is 1.74. The molecule has 2 aromatic carbocycles. The molecule has 1 heterocycles. The van der Waals surface area contributed by atoms with E-state index in [0.29, 0.717) is 24.0 Å². The molecule has 1 aliphatic heterocycles. The number of hydrogen-bond donors (Lipinski definition) is 1. The summed E-state index contributed by atoms with van der Waals surface area (Å²) in [5.74, 6) is -0.729. The standard InChI is InChI=1S/C20H20N4O5S/c1-29-12-11-23-19(26)17(30-20(23)21-14-7-3-2-4-8-14)13-18(25)22-15-9-5-6-10-16(15)24(27)28/h2-10,17H,11-13H2,1H3,(H,22,25). The fourth-order valence-electron chi connectivity index (χ4n) is 2.83. The van der Waals surface area contributed by atoms with Gasteiger partial charge in [-0.15, -0.1) is 0 Å². The van der Waals surface area contributed by atoms with Gasteiger partial charge in [0, 0.05) is 19.6 Å². The van der Waals surface area contributed by atoms with E-state index in [4.69, 9.17) is 4.74 Å². The number of nitro benzene ring substituents is 1. The zero-order chi connectivity index (χ0) is 21.5. The average Bonchev–Trinajstić information content (AvgIpc) is 3.01. The van der Waals surface area contributed by atoms with Crippen LogP contribution in [0.5, 0.6) is 0 Å². The van der Waals surface area contributed by atoms with Crippen LogP contribution in [0.1, 0.15) is 6.42 Å². The summed E-state index contributed by atoms with van der Waals surface area (Å²) < 4.78 is 5.08. The highest BCUT2D eigenvalue weighted by molar-refractivity contribution is 8.15. The number of carbonyl (C=O) groups is 2. The van der Waals surface area contributed by atoms with Gasteiger partial charge in [-0.1, -0.05) is 42.1 Å². The predicted molar refractivity (Wildman–Crippen MR) is 115 cm³/mol. The lowest BCUT2D eigenvalue weighted by atomic mass is 10.2. The molecule has 1 unspecified atom stereocenters. The van der Waals surface area contributed by atoms with E-state index in [0.717, 1.165) is 0 Å². The van der Waals surface area contributed by atoms with Crippen LogP contribution in [0, 0.1) is 10.1 Å². The first-order valence-electron chi connectivity index (χ1n) is 9.13. The number of carbonyl (C=O) groups excluding carboxylic acids is 2. The van der Waals surface area contributed by atoms with Crippen LogP contribution in [0.4, 0.5) is 17.1 Å². The molecule has 1 saturated heterocycles. The van der Waals surface area contributed by atoms with Gasteiger partial charge in [-0.25, -0.2) is 4.99 Å². The van der Waals surface area contributed by atoms with E-state index in [1.165, 1.54) is 34.9 Å². The molecule has 30 heavy (non-hydrogen) atoms. The lowest BCUT2D eigenvalue weighted by Crippen LogP contribution is -2.35. The minimum Gasteiger partial charge on any atom is -0.383 e. The molecule has 10 heteroatoms. The molecule has 0 bridgehead atoms. The number of amides is 2. The van der Waals surface area contributed by atoms with Crippen LogP contribution >= 0.6 is 11.8 Å². The Hall–Kier alpha value is -3.24. The topological polar surface area (TPSA) is 114 Å². The Bertz CT molecular complexity index is 967. The highest BCUT2D eigenvalue weighted by atomic mass is 32.2. The normalized spacial score (nSPS) is 17.4. The molecule has 0 saturated carbocycles. The summed E-state index contributed by atoms with van der Waals surface area (Å²) in [6.45, 7) is 0.644. The number of thioether (sulfide) groups is 1. The first-order chi connectivity index (χ1) is 14.5. The van der Waals surface area contributed by atoms with Crippen LogP contribution in [0.2, 0.25) is 0 Å². The van der Waals surface area contributed by atoms with Crippen molar-refractivity contribution in [1.29, 1.82) is 0 Å². The number of nitrogens with one attached hydrogen (secondary N) is 1. The third-order valence-corrected chi connectivity index (χ3v) is 5.44. The van der Waals surface area contributed by atoms with E-state index in [1.807, 2.05) is 30.3 Å². The molecule has 1 atom stereocenters. The van der Waals surface area contributed by atoms with E-state index in [-0.39, 0.29) is 23.7 Å². The Morgan fingerprint density at radius 3 is 2.63 bits per heavy atom. The molecule has 0 aromatic heterocycles. The number of aliphatic imine (C=N–C) groups is 1. The van der Waals surface area contributed by atoms with Crippen LogP contribution in [0.15, 0.2) is 59.6 Å². The van der Waals surface area contributed by atoms with Crippen molar-refractivity contribution in [3.63, 3.8) is 0 Å². The summed E-state index contributed by atoms with van der Waals surface area (Å²) in [5.41, 5.74) is 0.585. The predicted octanol–water partition coefficient (Wildman–Crippen LogP) is 3.20. The number of hydrogen-bond acceptors (Lipinski definition) is 7. The van der Waals surface area contributed by atoms with E-state index in [1.54, 1.807) is 13.2 Å². The van der Waals surface area contributed by atoms with Crippen molar-refractivity contribution in [2.45, 2.75) is 11.7 Å². The molecule has 0 radical (unpaired) electrons. The maximum Gasteiger partial charge on any atom is 0.292 e. The largest absolute Gasteiger partial charge is 0.383 e. The van der Waals surface area contributed by atoms with Gasteiger partial charge in [0.2, 0.25) is 11.8 Å². The molecule has 156 valence electrons. The zero-order valence-electron chi connectivity index (χ0n) is 16.2. The van der Waals surface area contributed by atoms with E-state index < -0.39 is 16.1 Å². The van der Waals surface area contributed by atoms with Crippen molar-refractivity contribution in [2.75, 3.05) is 25.6 Å². The molecule has 1 N–H and O–H groups in total. The third-order valence-electron chi connectivity index (χ3n) is 4.27. The molecule has 2 amide bonds. The molecule has 2 aromatic rings.